The molecule has 0 spiro atoms. The number of benzene rings is 1. The van der Waals surface area contributed by atoms with E-state index in [9.17, 15) is 14.4 Å². The van der Waals surface area contributed by atoms with Crippen LogP contribution >= 0.6 is 0 Å². The number of hydrogen-bond acceptors (Lipinski definition) is 6. The van der Waals surface area contributed by atoms with Gasteiger partial charge in [-0.2, -0.15) is 0 Å². The number of nitrogens with one attached hydrogen (secondary N) is 1. The van der Waals surface area contributed by atoms with Gasteiger partial charge >= 0.3 is 6.03 Å². The number of ether oxygens (including phenoxy) is 2. The van der Waals surface area contributed by atoms with E-state index in [1.54, 1.807) is 51.6 Å². The summed E-state index contributed by atoms with van der Waals surface area (Å²) in [5, 5.41) is 2.85. The molecule has 0 aliphatic carbocycles. The molecule has 1 aromatic rings. The van der Waals surface area contributed by atoms with Crippen molar-refractivity contribution in [1.82, 2.24) is 14.7 Å². The highest BCUT2D eigenvalue weighted by Crippen LogP contribution is 2.35. The number of anilines is 1. The van der Waals surface area contributed by atoms with Gasteiger partial charge in [-0.25, -0.2) is 4.79 Å². The molecule has 1 N–H and O–H groups in total. The van der Waals surface area contributed by atoms with E-state index in [2.05, 4.69) is 5.32 Å². The minimum atomic E-state index is -0.601. The van der Waals surface area contributed by atoms with Gasteiger partial charge in [-0.1, -0.05) is 6.07 Å². The standard InChI is InChI=1S/C20H26N4O5/c1-22-18-15(19(26)23(2)20(22)27)12-16(24(18)9-6-10-28-3)17(25)21-13-7-5-8-14(11-13)29-4/h5,7-8,11-12,15,18H,6,9-10H2,1-4H3,(H,21,25). The Morgan fingerprint density at radius 2 is 1.97 bits per heavy atom. The average Bonchev–Trinajstić information content (AvgIpc) is 3.11. The van der Waals surface area contributed by atoms with Crippen LogP contribution in [0.2, 0.25) is 0 Å². The van der Waals surface area contributed by atoms with Crippen LogP contribution in [0, 0.1) is 5.92 Å². The number of rotatable bonds is 7. The molecule has 1 aromatic carbocycles. The summed E-state index contributed by atoms with van der Waals surface area (Å²) in [6, 6.07) is 6.64. The number of carbonyl (C=O) groups excluding carboxylic acids is 3. The normalized spacial score (nSPS) is 21.2. The number of carbonyl (C=O) groups is 3. The quantitative estimate of drug-likeness (QED) is 0.692. The van der Waals surface area contributed by atoms with Crippen LogP contribution in [0.5, 0.6) is 5.75 Å². The van der Waals surface area contributed by atoms with Crippen molar-refractivity contribution in [2.45, 2.75) is 12.6 Å². The number of hydrogen-bond donors (Lipinski definition) is 1. The lowest BCUT2D eigenvalue weighted by Crippen LogP contribution is -2.62. The second kappa shape index (κ2) is 8.52. The molecular formula is C20H26N4O5. The van der Waals surface area contributed by atoms with Gasteiger partial charge in [0.05, 0.1) is 13.0 Å². The molecule has 9 nitrogen and oxygen atoms in total. The van der Waals surface area contributed by atoms with Gasteiger partial charge in [0.1, 0.15) is 17.6 Å². The number of fused-ring (bicyclic) bond motifs is 1. The number of urea groups is 1. The molecule has 156 valence electrons. The van der Waals surface area contributed by atoms with Crippen LogP contribution in [0.25, 0.3) is 0 Å². The van der Waals surface area contributed by atoms with Crippen LogP contribution in [0.15, 0.2) is 36.0 Å². The zero-order chi connectivity index (χ0) is 21.1. The number of methoxy groups -OCH3 is 2. The molecule has 4 amide bonds. The van der Waals surface area contributed by atoms with Crippen molar-refractivity contribution < 1.29 is 23.9 Å². The van der Waals surface area contributed by atoms with Crippen molar-refractivity contribution in [3.05, 3.63) is 36.0 Å². The summed E-state index contributed by atoms with van der Waals surface area (Å²) in [6.45, 7) is 0.977. The number of imide groups is 1. The number of nitrogens with zero attached hydrogens (tertiary/aromatic N) is 3. The first-order valence-corrected chi connectivity index (χ1v) is 9.36. The third-order valence-electron chi connectivity index (χ3n) is 5.20. The lowest BCUT2D eigenvalue weighted by atomic mass is 10.0. The topological polar surface area (TPSA) is 91.4 Å². The van der Waals surface area contributed by atoms with Gasteiger partial charge in [-0.05, 0) is 24.6 Å². The highest BCUT2D eigenvalue weighted by Gasteiger charge is 2.50. The zero-order valence-corrected chi connectivity index (χ0v) is 17.0. The van der Waals surface area contributed by atoms with Crippen LogP contribution < -0.4 is 10.1 Å². The largest absolute Gasteiger partial charge is 0.497 e. The summed E-state index contributed by atoms with van der Waals surface area (Å²) in [7, 11) is 6.25. The molecular weight excluding hydrogens is 376 g/mol. The fraction of sp³-hybridized carbons (Fsp3) is 0.450. The Morgan fingerprint density at radius 1 is 1.21 bits per heavy atom. The van der Waals surface area contributed by atoms with Crippen molar-refractivity contribution in [2.24, 2.45) is 5.92 Å². The van der Waals surface area contributed by atoms with Gasteiger partial charge in [0.25, 0.3) is 5.91 Å². The maximum atomic E-state index is 13.1. The highest BCUT2D eigenvalue weighted by atomic mass is 16.5. The fourth-order valence-electron chi connectivity index (χ4n) is 3.74. The van der Waals surface area contributed by atoms with E-state index in [1.165, 1.54) is 11.9 Å². The lowest BCUT2D eigenvalue weighted by molar-refractivity contribution is -0.137. The third kappa shape index (κ3) is 3.91. The molecule has 3 rings (SSSR count). The van der Waals surface area contributed by atoms with Gasteiger partial charge in [0, 0.05) is 46.1 Å². The molecule has 2 atom stereocenters. The monoisotopic (exact) mass is 402 g/mol. The van der Waals surface area contributed by atoms with Gasteiger partial charge in [-0.3, -0.25) is 14.5 Å². The van der Waals surface area contributed by atoms with Crippen molar-refractivity contribution in [2.75, 3.05) is 46.8 Å². The fourth-order valence-corrected chi connectivity index (χ4v) is 3.74. The highest BCUT2D eigenvalue weighted by molar-refractivity contribution is 6.06. The molecule has 2 unspecified atom stereocenters. The van der Waals surface area contributed by atoms with Gasteiger partial charge in [-0.15, -0.1) is 0 Å². The minimum absolute atomic E-state index is 0.320. The Bertz CT molecular complexity index is 840. The SMILES string of the molecule is COCCCN1C(C(=O)Nc2cccc(OC)c2)=CC2C(=O)N(C)C(=O)N(C)C21. The maximum absolute atomic E-state index is 13.1. The van der Waals surface area contributed by atoms with E-state index in [-0.39, 0.29) is 11.8 Å². The van der Waals surface area contributed by atoms with E-state index >= 15 is 0 Å². The third-order valence-corrected chi connectivity index (χ3v) is 5.20. The number of amides is 4. The molecule has 9 heteroatoms. The van der Waals surface area contributed by atoms with Crippen LogP contribution in [0.1, 0.15) is 6.42 Å². The average molecular weight is 402 g/mol. The van der Waals surface area contributed by atoms with E-state index in [1.807, 2.05) is 4.90 Å². The van der Waals surface area contributed by atoms with Crippen molar-refractivity contribution >= 4 is 23.5 Å². The molecule has 0 aromatic heterocycles. The molecule has 1 fully saturated rings. The Labute approximate surface area is 169 Å². The van der Waals surface area contributed by atoms with Crippen LogP contribution in [0.3, 0.4) is 0 Å². The molecule has 0 bridgehead atoms. The Kier molecular flexibility index (Phi) is 6.07. The van der Waals surface area contributed by atoms with Crippen molar-refractivity contribution in [1.29, 1.82) is 0 Å². The molecule has 29 heavy (non-hydrogen) atoms. The summed E-state index contributed by atoms with van der Waals surface area (Å²) in [4.78, 5) is 42.6. The van der Waals surface area contributed by atoms with Gasteiger partial charge in [0.2, 0.25) is 5.91 Å². The molecule has 0 radical (unpaired) electrons. The molecule has 2 aliphatic heterocycles. The molecule has 2 aliphatic rings. The Balaban J connectivity index is 1.88. The van der Waals surface area contributed by atoms with E-state index < -0.39 is 18.1 Å². The van der Waals surface area contributed by atoms with Crippen molar-refractivity contribution in [3.63, 3.8) is 0 Å². The van der Waals surface area contributed by atoms with E-state index in [0.29, 0.717) is 36.7 Å². The van der Waals surface area contributed by atoms with Crippen LogP contribution in [-0.4, -0.2) is 80.2 Å². The zero-order valence-electron chi connectivity index (χ0n) is 17.0. The Hall–Kier alpha value is -3.07. The lowest BCUT2D eigenvalue weighted by Gasteiger charge is -2.43. The van der Waals surface area contributed by atoms with Crippen LogP contribution in [-0.2, 0) is 14.3 Å². The first-order chi connectivity index (χ1) is 13.9. The second-order valence-electron chi connectivity index (χ2n) is 7.01. The van der Waals surface area contributed by atoms with Crippen LogP contribution in [0.4, 0.5) is 10.5 Å². The van der Waals surface area contributed by atoms with Gasteiger partial charge in [0.15, 0.2) is 0 Å². The minimum Gasteiger partial charge on any atom is -0.497 e. The summed E-state index contributed by atoms with van der Waals surface area (Å²) >= 11 is 0. The summed E-state index contributed by atoms with van der Waals surface area (Å²) in [5.74, 6) is -0.646. The first-order valence-electron chi connectivity index (χ1n) is 9.36. The van der Waals surface area contributed by atoms with E-state index in [4.69, 9.17) is 9.47 Å². The van der Waals surface area contributed by atoms with Crippen molar-refractivity contribution in [3.8, 4) is 5.75 Å². The molecule has 2 heterocycles. The Morgan fingerprint density at radius 3 is 2.66 bits per heavy atom. The summed E-state index contributed by atoms with van der Waals surface area (Å²) in [6.07, 6.45) is 1.76. The molecule has 0 saturated carbocycles. The predicted molar refractivity (Wildman–Crippen MR) is 106 cm³/mol. The second-order valence-corrected chi connectivity index (χ2v) is 7.01. The van der Waals surface area contributed by atoms with E-state index in [0.717, 1.165) is 4.90 Å². The first kappa shape index (κ1) is 20.7. The van der Waals surface area contributed by atoms with Gasteiger partial charge < -0.3 is 24.6 Å². The predicted octanol–water partition coefficient (Wildman–Crippen LogP) is 1.34. The molecule has 1 saturated heterocycles. The summed E-state index contributed by atoms with van der Waals surface area (Å²) < 4.78 is 10.3. The maximum Gasteiger partial charge on any atom is 0.327 e. The summed E-state index contributed by atoms with van der Waals surface area (Å²) in [5.41, 5.74) is 0.942. The smallest absolute Gasteiger partial charge is 0.327 e.